The number of nitrogens with zero attached hydrogens (tertiary/aromatic N) is 5. The highest BCUT2D eigenvalue weighted by molar-refractivity contribution is 7.88. The van der Waals surface area contributed by atoms with E-state index in [1.165, 1.54) is 10.6 Å². The minimum absolute atomic E-state index is 0.0994. The number of piperidine rings is 1. The van der Waals surface area contributed by atoms with E-state index >= 15 is 0 Å². The lowest BCUT2D eigenvalue weighted by Crippen LogP contribution is -2.43. The standard InChI is InChI=1S/C17H27N5O4S/c1-20(2)15-10-18-11-16(19-15)26-14-6-7-21(12-14)17(23)13-4-8-22(9-5-13)27(3,24)25/h10-11,13-14H,4-9,12H2,1-3H3. The molecule has 27 heavy (non-hydrogen) atoms. The summed E-state index contributed by atoms with van der Waals surface area (Å²) in [6.07, 6.45) is 6.26. The van der Waals surface area contributed by atoms with Crippen molar-refractivity contribution in [2.75, 3.05) is 51.4 Å². The van der Waals surface area contributed by atoms with Gasteiger partial charge in [0.15, 0.2) is 5.82 Å². The van der Waals surface area contributed by atoms with Crippen molar-refractivity contribution < 1.29 is 17.9 Å². The second kappa shape index (κ2) is 7.97. The second-order valence-electron chi connectivity index (χ2n) is 7.36. The van der Waals surface area contributed by atoms with Crippen LogP contribution in [-0.2, 0) is 14.8 Å². The van der Waals surface area contributed by atoms with Crippen LogP contribution < -0.4 is 9.64 Å². The molecule has 0 radical (unpaired) electrons. The molecular formula is C17H27N5O4S. The average Bonchev–Trinajstić information content (AvgIpc) is 3.09. The molecule has 1 aromatic heterocycles. The number of rotatable bonds is 5. The minimum Gasteiger partial charge on any atom is -0.471 e. The fourth-order valence-electron chi connectivity index (χ4n) is 3.50. The molecule has 0 aliphatic carbocycles. The van der Waals surface area contributed by atoms with E-state index in [2.05, 4.69) is 9.97 Å². The molecule has 3 rings (SSSR count). The van der Waals surface area contributed by atoms with Crippen molar-refractivity contribution >= 4 is 21.7 Å². The molecule has 0 saturated carbocycles. The van der Waals surface area contributed by atoms with Gasteiger partial charge >= 0.3 is 0 Å². The smallest absolute Gasteiger partial charge is 0.234 e. The van der Waals surface area contributed by atoms with Crippen LogP contribution in [0, 0.1) is 5.92 Å². The lowest BCUT2D eigenvalue weighted by atomic mass is 9.97. The topological polar surface area (TPSA) is 95.9 Å². The fraction of sp³-hybridized carbons (Fsp3) is 0.706. The predicted molar refractivity (Wildman–Crippen MR) is 101 cm³/mol. The summed E-state index contributed by atoms with van der Waals surface area (Å²) >= 11 is 0. The number of carbonyl (C=O) groups excluding carboxylic acids is 1. The molecule has 2 aliphatic rings. The van der Waals surface area contributed by atoms with Gasteiger partial charge in [-0.3, -0.25) is 9.78 Å². The molecule has 0 bridgehead atoms. The van der Waals surface area contributed by atoms with Gasteiger partial charge in [0, 0.05) is 46.1 Å². The number of carbonyl (C=O) groups is 1. The van der Waals surface area contributed by atoms with E-state index in [4.69, 9.17) is 4.74 Å². The van der Waals surface area contributed by atoms with Crippen molar-refractivity contribution in [3.63, 3.8) is 0 Å². The molecule has 3 heterocycles. The first-order valence-electron chi connectivity index (χ1n) is 9.14. The van der Waals surface area contributed by atoms with E-state index in [1.54, 1.807) is 12.4 Å². The number of ether oxygens (including phenoxy) is 1. The van der Waals surface area contributed by atoms with Gasteiger partial charge in [0.1, 0.15) is 6.10 Å². The van der Waals surface area contributed by atoms with E-state index in [1.807, 2.05) is 23.9 Å². The van der Waals surface area contributed by atoms with Gasteiger partial charge < -0.3 is 14.5 Å². The molecular weight excluding hydrogens is 370 g/mol. The summed E-state index contributed by atoms with van der Waals surface area (Å²) in [5.41, 5.74) is 0. The molecule has 1 unspecified atom stereocenters. The Morgan fingerprint density at radius 2 is 1.89 bits per heavy atom. The van der Waals surface area contributed by atoms with Crippen LogP contribution in [0.5, 0.6) is 5.88 Å². The van der Waals surface area contributed by atoms with Gasteiger partial charge in [-0.05, 0) is 12.8 Å². The highest BCUT2D eigenvalue weighted by Gasteiger charge is 2.35. The number of anilines is 1. The Balaban J connectivity index is 1.52. The van der Waals surface area contributed by atoms with Crippen LogP contribution in [-0.4, -0.2) is 86.1 Å². The SMILES string of the molecule is CN(C)c1cncc(OC2CCN(C(=O)C3CCN(S(C)(=O)=O)CC3)C2)n1. The van der Waals surface area contributed by atoms with Gasteiger partial charge in [-0.1, -0.05) is 0 Å². The Hall–Kier alpha value is -1.94. The van der Waals surface area contributed by atoms with Crippen molar-refractivity contribution in [2.24, 2.45) is 5.92 Å². The number of sulfonamides is 1. The van der Waals surface area contributed by atoms with Crippen LogP contribution in [0.25, 0.3) is 0 Å². The van der Waals surface area contributed by atoms with Crippen LogP contribution in [0.2, 0.25) is 0 Å². The number of aromatic nitrogens is 2. The quantitative estimate of drug-likeness (QED) is 0.700. The fourth-order valence-corrected chi connectivity index (χ4v) is 4.37. The molecule has 2 saturated heterocycles. The molecule has 1 atom stereocenters. The lowest BCUT2D eigenvalue weighted by Gasteiger charge is -2.31. The summed E-state index contributed by atoms with van der Waals surface area (Å²) in [7, 11) is 0.600. The molecule has 1 amide bonds. The molecule has 0 aromatic carbocycles. The molecule has 0 spiro atoms. The van der Waals surface area contributed by atoms with Crippen molar-refractivity contribution in [3.05, 3.63) is 12.4 Å². The second-order valence-corrected chi connectivity index (χ2v) is 9.34. The number of hydrogen-bond donors (Lipinski definition) is 0. The van der Waals surface area contributed by atoms with Crippen LogP contribution in [0.15, 0.2) is 12.4 Å². The Kier molecular flexibility index (Phi) is 5.85. The third-order valence-electron chi connectivity index (χ3n) is 5.07. The largest absolute Gasteiger partial charge is 0.471 e. The third kappa shape index (κ3) is 4.86. The molecule has 9 nitrogen and oxygen atoms in total. The lowest BCUT2D eigenvalue weighted by molar-refractivity contribution is -0.135. The van der Waals surface area contributed by atoms with E-state index in [0.717, 1.165) is 12.2 Å². The monoisotopic (exact) mass is 397 g/mol. The Morgan fingerprint density at radius 3 is 2.52 bits per heavy atom. The molecule has 2 fully saturated rings. The van der Waals surface area contributed by atoms with Crippen LogP contribution in [0.3, 0.4) is 0 Å². The van der Waals surface area contributed by atoms with Crippen molar-refractivity contribution in [1.29, 1.82) is 0 Å². The zero-order valence-electron chi connectivity index (χ0n) is 16.0. The number of likely N-dealkylation sites (tertiary alicyclic amines) is 1. The summed E-state index contributed by atoms with van der Waals surface area (Å²) in [6, 6.07) is 0. The Labute approximate surface area is 160 Å². The van der Waals surface area contributed by atoms with E-state index in [9.17, 15) is 13.2 Å². The van der Waals surface area contributed by atoms with Gasteiger partial charge in [-0.25, -0.2) is 12.7 Å². The van der Waals surface area contributed by atoms with E-state index < -0.39 is 10.0 Å². The summed E-state index contributed by atoms with van der Waals surface area (Å²) in [4.78, 5) is 25.0. The Bertz CT molecular complexity index is 777. The zero-order chi connectivity index (χ0) is 19.6. The molecule has 0 N–H and O–H groups in total. The predicted octanol–water partition coefficient (Wildman–Crippen LogP) is 0.194. The zero-order valence-corrected chi connectivity index (χ0v) is 16.9. The molecule has 150 valence electrons. The molecule has 2 aliphatic heterocycles. The summed E-state index contributed by atoms with van der Waals surface area (Å²) in [5, 5.41) is 0. The minimum atomic E-state index is -3.18. The summed E-state index contributed by atoms with van der Waals surface area (Å²) < 4.78 is 30.6. The first-order chi connectivity index (χ1) is 12.7. The van der Waals surface area contributed by atoms with Crippen LogP contribution in [0.1, 0.15) is 19.3 Å². The normalized spacial score (nSPS) is 22.0. The maximum atomic E-state index is 12.8. The maximum absolute atomic E-state index is 12.8. The van der Waals surface area contributed by atoms with E-state index in [0.29, 0.717) is 44.9 Å². The van der Waals surface area contributed by atoms with Gasteiger partial charge in [-0.15, -0.1) is 0 Å². The van der Waals surface area contributed by atoms with Gasteiger partial charge in [0.2, 0.25) is 21.8 Å². The van der Waals surface area contributed by atoms with Gasteiger partial charge in [0.05, 0.1) is 25.2 Å². The third-order valence-corrected chi connectivity index (χ3v) is 6.38. The van der Waals surface area contributed by atoms with Crippen molar-refractivity contribution in [2.45, 2.75) is 25.4 Å². The van der Waals surface area contributed by atoms with E-state index in [-0.39, 0.29) is 17.9 Å². The highest BCUT2D eigenvalue weighted by Crippen LogP contribution is 2.24. The number of amides is 1. The highest BCUT2D eigenvalue weighted by atomic mass is 32.2. The molecule has 10 heteroatoms. The number of hydrogen-bond acceptors (Lipinski definition) is 7. The summed E-state index contributed by atoms with van der Waals surface area (Å²) in [5.74, 6) is 1.17. The first-order valence-corrected chi connectivity index (χ1v) is 11.0. The van der Waals surface area contributed by atoms with Crippen molar-refractivity contribution in [3.8, 4) is 5.88 Å². The van der Waals surface area contributed by atoms with Gasteiger partial charge in [0.25, 0.3) is 0 Å². The van der Waals surface area contributed by atoms with Crippen molar-refractivity contribution in [1.82, 2.24) is 19.2 Å². The van der Waals surface area contributed by atoms with Crippen LogP contribution >= 0.6 is 0 Å². The van der Waals surface area contributed by atoms with Gasteiger partial charge in [-0.2, -0.15) is 4.98 Å². The Morgan fingerprint density at radius 1 is 1.19 bits per heavy atom. The maximum Gasteiger partial charge on any atom is 0.234 e. The first kappa shape index (κ1) is 19.8. The average molecular weight is 398 g/mol. The molecule has 1 aromatic rings. The van der Waals surface area contributed by atoms with Crippen LogP contribution in [0.4, 0.5) is 5.82 Å². The summed E-state index contributed by atoms with van der Waals surface area (Å²) in [6.45, 7) is 2.00.